The lowest BCUT2D eigenvalue weighted by molar-refractivity contribution is -0.112. The molecule has 1 heterocycles. The summed E-state index contributed by atoms with van der Waals surface area (Å²) >= 11 is 6.02. The standard InChI is InChI=1S/C18H14ClN3O4S/c1-27(24,25)14-7-4-6-13(11-14)17-21-22-18(26-17)20-16(23)10-9-12-5-2-3-8-15(12)19/h2-11H,1H3,(H,20,22,23)/b10-9+. The molecule has 0 aliphatic heterocycles. The summed E-state index contributed by atoms with van der Waals surface area (Å²) < 4.78 is 28.7. The first-order valence-corrected chi connectivity index (χ1v) is 9.97. The molecular formula is C18H14ClN3O4S. The molecule has 0 radical (unpaired) electrons. The van der Waals surface area contributed by atoms with Crippen LogP contribution in [0.25, 0.3) is 17.5 Å². The normalized spacial score (nSPS) is 11.6. The summed E-state index contributed by atoms with van der Waals surface area (Å²) in [7, 11) is -3.36. The fraction of sp³-hybridized carbons (Fsp3) is 0.0556. The fourth-order valence-electron chi connectivity index (χ4n) is 2.17. The topological polar surface area (TPSA) is 102 Å². The number of hydrogen-bond acceptors (Lipinski definition) is 6. The Labute approximate surface area is 160 Å². The molecule has 1 aromatic heterocycles. The van der Waals surface area contributed by atoms with Crippen LogP contribution >= 0.6 is 11.6 Å². The molecule has 7 nitrogen and oxygen atoms in total. The minimum Gasteiger partial charge on any atom is -0.403 e. The van der Waals surface area contributed by atoms with Gasteiger partial charge in [0.1, 0.15) is 0 Å². The predicted molar refractivity (Wildman–Crippen MR) is 102 cm³/mol. The predicted octanol–water partition coefficient (Wildman–Crippen LogP) is 3.45. The molecule has 3 rings (SSSR count). The first-order chi connectivity index (χ1) is 12.8. The van der Waals surface area contributed by atoms with Crippen LogP contribution in [0, 0.1) is 0 Å². The van der Waals surface area contributed by atoms with E-state index in [1.54, 1.807) is 42.5 Å². The Bertz CT molecular complexity index is 1120. The van der Waals surface area contributed by atoms with Gasteiger partial charge >= 0.3 is 6.01 Å². The monoisotopic (exact) mass is 403 g/mol. The van der Waals surface area contributed by atoms with E-state index in [0.717, 1.165) is 6.26 Å². The molecule has 0 bridgehead atoms. The number of amides is 1. The highest BCUT2D eigenvalue weighted by atomic mass is 35.5. The maximum atomic E-state index is 12.0. The average molecular weight is 404 g/mol. The van der Waals surface area contributed by atoms with Gasteiger partial charge in [0.2, 0.25) is 5.89 Å². The van der Waals surface area contributed by atoms with E-state index in [0.29, 0.717) is 16.1 Å². The molecule has 0 unspecified atom stereocenters. The van der Waals surface area contributed by atoms with Crippen LogP contribution in [-0.4, -0.2) is 30.8 Å². The van der Waals surface area contributed by atoms with E-state index >= 15 is 0 Å². The lowest BCUT2D eigenvalue weighted by Crippen LogP contribution is -2.07. The number of carbonyl (C=O) groups excluding carboxylic acids is 1. The average Bonchev–Trinajstić information content (AvgIpc) is 3.09. The van der Waals surface area contributed by atoms with E-state index in [9.17, 15) is 13.2 Å². The van der Waals surface area contributed by atoms with Crippen molar-refractivity contribution in [3.8, 4) is 11.5 Å². The van der Waals surface area contributed by atoms with E-state index in [2.05, 4.69) is 15.5 Å². The third-order valence-electron chi connectivity index (χ3n) is 3.48. The summed E-state index contributed by atoms with van der Waals surface area (Å²) in [6, 6.07) is 13.1. The van der Waals surface area contributed by atoms with Crippen molar-refractivity contribution in [1.82, 2.24) is 10.2 Å². The van der Waals surface area contributed by atoms with Gasteiger partial charge in [-0.15, -0.1) is 5.10 Å². The number of aromatic nitrogens is 2. The van der Waals surface area contributed by atoms with Crippen LogP contribution in [0.2, 0.25) is 5.02 Å². The fourth-order valence-corrected chi connectivity index (χ4v) is 3.04. The number of sulfone groups is 1. The maximum Gasteiger partial charge on any atom is 0.322 e. The van der Waals surface area contributed by atoms with E-state index in [4.69, 9.17) is 16.0 Å². The summed E-state index contributed by atoms with van der Waals surface area (Å²) in [5, 5.41) is 10.5. The smallest absolute Gasteiger partial charge is 0.322 e. The van der Waals surface area contributed by atoms with Crippen molar-refractivity contribution in [2.24, 2.45) is 0 Å². The molecular weight excluding hydrogens is 390 g/mol. The van der Waals surface area contributed by atoms with E-state index < -0.39 is 15.7 Å². The molecule has 3 aromatic rings. The van der Waals surface area contributed by atoms with Gasteiger partial charge in [-0.25, -0.2) is 8.42 Å². The van der Waals surface area contributed by atoms with Crippen LogP contribution in [0.15, 0.2) is 63.9 Å². The zero-order valence-electron chi connectivity index (χ0n) is 14.1. The second-order valence-electron chi connectivity index (χ2n) is 5.56. The van der Waals surface area contributed by atoms with Crippen LogP contribution < -0.4 is 5.32 Å². The van der Waals surface area contributed by atoms with Crippen molar-refractivity contribution in [2.45, 2.75) is 4.90 Å². The first kappa shape index (κ1) is 18.8. The number of carbonyl (C=O) groups is 1. The Kier molecular flexibility index (Phi) is 5.38. The van der Waals surface area contributed by atoms with Crippen LogP contribution in [0.4, 0.5) is 6.01 Å². The van der Waals surface area contributed by atoms with E-state index in [1.165, 1.54) is 18.2 Å². The Morgan fingerprint density at radius 1 is 1.15 bits per heavy atom. The Balaban J connectivity index is 1.73. The van der Waals surface area contributed by atoms with Gasteiger partial charge in [0.05, 0.1) is 4.90 Å². The number of anilines is 1. The van der Waals surface area contributed by atoms with Crippen molar-refractivity contribution in [3.05, 3.63) is 65.2 Å². The van der Waals surface area contributed by atoms with E-state index in [-0.39, 0.29) is 16.8 Å². The Hall–Kier alpha value is -2.97. The van der Waals surface area contributed by atoms with Crippen molar-refractivity contribution < 1.29 is 17.6 Å². The number of rotatable bonds is 5. The van der Waals surface area contributed by atoms with Gasteiger partial charge in [0.25, 0.3) is 5.91 Å². The summed E-state index contributed by atoms with van der Waals surface area (Å²) in [6.45, 7) is 0. The molecule has 2 aromatic carbocycles. The number of benzene rings is 2. The molecule has 9 heteroatoms. The number of nitrogens with zero attached hydrogens (tertiary/aromatic N) is 2. The SMILES string of the molecule is CS(=O)(=O)c1cccc(-c2nnc(NC(=O)/C=C/c3ccccc3Cl)o2)c1. The van der Waals surface area contributed by atoms with Gasteiger partial charge in [0, 0.05) is 22.9 Å². The largest absolute Gasteiger partial charge is 0.403 e. The second kappa shape index (κ2) is 7.73. The third-order valence-corrected chi connectivity index (χ3v) is 4.94. The molecule has 138 valence electrons. The van der Waals surface area contributed by atoms with Crippen molar-refractivity contribution in [2.75, 3.05) is 11.6 Å². The lowest BCUT2D eigenvalue weighted by Gasteiger charge is -2.00. The number of nitrogens with one attached hydrogen (secondary N) is 1. The molecule has 0 fully saturated rings. The van der Waals surface area contributed by atoms with Crippen molar-refractivity contribution in [1.29, 1.82) is 0 Å². The minimum atomic E-state index is -3.36. The molecule has 1 amide bonds. The highest BCUT2D eigenvalue weighted by molar-refractivity contribution is 7.90. The van der Waals surface area contributed by atoms with Gasteiger partial charge in [-0.05, 0) is 35.9 Å². The van der Waals surface area contributed by atoms with Gasteiger partial charge < -0.3 is 4.42 Å². The van der Waals surface area contributed by atoms with Crippen LogP contribution in [-0.2, 0) is 14.6 Å². The third kappa shape index (κ3) is 4.81. The minimum absolute atomic E-state index is 0.0888. The van der Waals surface area contributed by atoms with Gasteiger partial charge in [-0.3, -0.25) is 10.1 Å². The van der Waals surface area contributed by atoms with Gasteiger partial charge in [-0.1, -0.05) is 41.0 Å². The number of halogens is 1. The summed E-state index contributed by atoms with van der Waals surface area (Å²) in [5.41, 5.74) is 1.12. The van der Waals surface area contributed by atoms with Gasteiger partial charge in [0.15, 0.2) is 9.84 Å². The Morgan fingerprint density at radius 2 is 1.93 bits per heavy atom. The summed E-state index contributed by atoms with van der Waals surface area (Å²) in [5.74, 6) is -0.388. The number of hydrogen-bond donors (Lipinski definition) is 1. The molecule has 0 aliphatic rings. The molecule has 0 spiro atoms. The van der Waals surface area contributed by atoms with Crippen LogP contribution in [0.1, 0.15) is 5.56 Å². The summed E-state index contributed by atoms with van der Waals surface area (Å²) in [6.07, 6.45) is 3.96. The molecule has 0 saturated heterocycles. The molecule has 0 aliphatic carbocycles. The highest BCUT2D eigenvalue weighted by Crippen LogP contribution is 2.23. The lowest BCUT2D eigenvalue weighted by atomic mass is 10.2. The zero-order chi connectivity index (χ0) is 19.4. The quantitative estimate of drug-likeness (QED) is 0.654. The van der Waals surface area contributed by atoms with Crippen molar-refractivity contribution >= 4 is 39.4 Å². The molecule has 0 atom stereocenters. The maximum absolute atomic E-state index is 12.0. The van der Waals surface area contributed by atoms with Crippen LogP contribution in [0.3, 0.4) is 0 Å². The zero-order valence-corrected chi connectivity index (χ0v) is 15.7. The van der Waals surface area contributed by atoms with E-state index in [1.807, 2.05) is 0 Å². The second-order valence-corrected chi connectivity index (χ2v) is 7.98. The molecule has 27 heavy (non-hydrogen) atoms. The molecule has 1 N–H and O–H groups in total. The van der Waals surface area contributed by atoms with Crippen molar-refractivity contribution in [3.63, 3.8) is 0 Å². The Morgan fingerprint density at radius 3 is 2.67 bits per heavy atom. The highest BCUT2D eigenvalue weighted by Gasteiger charge is 2.13. The summed E-state index contributed by atoms with van der Waals surface area (Å²) in [4.78, 5) is 12.1. The van der Waals surface area contributed by atoms with Gasteiger partial charge in [-0.2, -0.15) is 0 Å². The molecule has 0 saturated carbocycles. The first-order valence-electron chi connectivity index (χ1n) is 7.70. The van der Waals surface area contributed by atoms with Crippen LogP contribution in [0.5, 0.6) is 0 Å².